The molecule has 18 heavy (non-hydrogen) atoms. The molecule has 0 amide bonds. The van der Waals surface area contributed by atoms with E-state index in [0.717, 1.165) is 0 Å². The fourth-order valence-electron chi connectivity index (χ4n) is 1.44. The van der Waals surface area contributed by atoms with Crippen molar-refractivity contribution < 1.29 is 13.9 Å². The van der Waals surface area contributed by atoms with Gasteiger partial charge in [-0.25, -0.2) is 9.18 Å². The number of esters is 1. The second-order valence-electron chi connectivity index (χ2n) is 3.44. The number of carbonyl (C=O) groups is 1. The average molecular weight is 314 g/mol. The standard InChI is InChI=1S/C13H13BrFNO2/c1-3-7-16-12(13(17)18-4-2)10-6-5-9(14)8-11(10)15/h1,5-6,8,12,16H,4,7H2,2H3. The Morgan fingerprint density at radius 2 is 2.39 bits per heavy atom. The van der Waals surface area contributed by atoms with Crippen LogP contribution in [0.25, 0.3) is 0 Å². The van der Waals surface area contributed by atoms with E-state index in [1.165, 1.54) is 12.1 Å². The van der Waals surface area contributed by atoms with Crippen molar-refractivity contribution >= 4 is 21.9 Å². The van der Waals surface area contributed by atoms with Crippen LogP contribution in [0, 0.1) is 18.2 Å². The zero-order valence-electron chi connectivity index (χ0n) is 9.87. The minimum atomic E-state index is -0.894. The Morgan fingerprint density at radius 3 is 2.94 bits per heavy atom. The minimum absolute atomic E-state index is 0.152. The van der Waals surface area contributed by atoms with Gasteiger partial charge in [-0.15, -0.1) is 6.42 Å². The predicted octanol–water partition coefficient (Wildman–Crippen LogP) is 2.42. The van der Waals surface area contributed by atoms with Crippen molar-refractivity contribution in [3.63, 3.8) is 0 Å². The first-order valence-corrected chi connectivity index (χ1v) is 6.17. The predicted molar refractivity (Wildman–Crippen MR) is 70.3 cm³/mol. The maximum Gasteiger partial charge on any atom is 0.327 e. The third kappa shape index (κ3) is 3.83. The number of ether oxygens (including phenoxy) is 1. The zero-order valence-corrected chi connectivity index (χ0v) is 11.5. The van der Waals surface area contributed by atoms with Gasteiger partial charge in [-0.3, -0.25) is 5.32 Å². The van der Waals surface area contributed by atoms with Gasteiger partial charge < -0.3 is 4.74 Å². The van der Waals surface area contributed by atoms with Gasteiger partial charge in [0, 0.05) is 10.0 Å². The lowest BCUT2D eigenvalue weighted by Crippen LogP contribution is -2.31. The minimum Gasteiger partial charge on any atom is -0.465 e. The Hall–Kier alpha value is -1.38. The van der Waals surface area contributed by atoms with Gasteiger partial charge in [0.25, 0.3) is 0 Å². The van der Waals surface area contributed by atoms with E-state index >= 15 is 0 Å². The third-order valence-electron chi connectivity index (χ3n) is 2.20. The van der Waals surface area contributed by atoms with Gasteiger partial charge >= 0.3 is 5.97 Å². The number of carbonyl (C=O) groups excluding carboxylic acids is 1. The monoisotopic (exact) mass is 313 g/mol. The highest BCUT2D eigenvalue weighted by Gasteiger charge is 2.24. The SMILES string of the molecule is C#CCNC(C(=O)OCC)c1ccc(Br)cc1F. The Bertz CT molecular complexity index is 471. The smallest absolute Gasteiger partial charge is 0.327 e. The van der Waals surface area contributed by atoms with E-state index < -0.39 is 17.8 Å². The number of terminal acetylenes is 1. The molecule has 1 aromatic rings. The summed E-state index contributed by atoms with van der Waals surface area (Å²) in [5, 5.41) is 2.76. The van der Waals surface area contributed by atoms with Gasteiger partial charge in [0.2, 0.25) is 0 Å². The van der Waals surface area contributed by atoms with Crippen molar-refractivity contribution in [3.05, 3.63) is 34.1 Å². The fraction of sp³-hybridized carbons (Fsp3) is 0.308. The van der Waals surface area contributed by atoms with Crippen LogP contribution in [0.2, 0.25) is 0 Å². The van der Waals surface area contributed by atoms with E-state index in [9.17, 15) is 9.18 Å². The Morgan fingerprint density at radius 1 is 1.67 bits per heavy atom. The van der Waals surface area contributed by atoms with Crippen LogP contribution >= 0.6 is 15.9 Å². The molecule has 1 rings (SSSR count). The normalized spacial score (nSPS) is 11.7. The van der Waals surface area contributed by atoms with Crippen LogP contribution in [0.15, 0.2) is 22.7 Å². The lowest BCUT2D eigenvalue weighted by atomic mass is 10.1. The molecule has 1 atom stereocenters. The molecule has 1 unspecified atom stereocenters. The lowest BCUT2D eigenvalue weighted by Gasteiger charge is -2.17. The molecule has 0 aromatic heterocycles. The molecule has 0 saturated carbocycles. The molecule has 3 nitrogen and oxygen atoms in total. The number of hydrogen-bond acceptors (Lipinski definition) is 3. The summed E-state index contributed by atoms with van der Waals surface area (Å²) in [7, 11) is 0. The first kappa shape index (κ1) is 14.7. The molecule has 0 saturated heterocycles. The van der Waals surface area contributed by atoms with E-state index in [1.54, 1.807) is 13.0 Å². The molecule has 0 spiro atoms. The Labute approximate surface area is 114 Å². The molecule has 0 aliphatic heterocycles. The molecular formula is C13H13BrFNO2. The second-order valence-corrected chi connectivity index (χ2v) is 4.35. The topological polar surface area (TPSA) is 38.3 Å². The summed E-state index contributed by atoms with van der Waals surface area (Å²) >= 11 is 3.16. The van der Waals surface area contributed by atoms with Crippen LogP contribution < -0.4 is 5.32 Å². The van der Waals surface area contributed by atoms with Gasteiger partial charge in [0.15, 0.2) is 0 Å². The average Bonchev–Trinajstić information content (AvgIpc) is 2.32. The summed E-state index contributed by atoms with van der Waals surface area (Å²) in [5.74, 6) is 1.30. The van der Waals surface area contributed by atoms with Crippen LogP contribution in [0.3, 0.4) is 0 Å². The first-order valence-electron chi connectivity index (χ1n) is 5.38. The van der Waals surface area contributed by atoms with Crippen molar-refractivity contribution in [2.45, 2.75) is 13.0 Å². The van der Waals surface area contributed by atoms with E-state index in [-0.39, 0.29) is 18.7 Å². The van der Waals surface area contributed by atoms with E-state index in [1.807, 2.05) is 0 Å². The molecule has 0 fully saturated rings. The second kappa shape index (κ2) is 7.14. The van der Waals surface area contributed by atoms with Gasteiger partial charge in [-0.05, 0) is 19.1 Å². The first-order chi connectivity index (χ1) is 8.60. The highest BCUT2D eigenvalue weighted by Crippen LogP contribution is 2.22. The van der Waals surface area contributed by atoms with Crippen LogP contribution in [0.5, 0.6) is 0 Å². The molecule has 0 bridgehead atoms. The summed E-state index contributed by atoms with van der Waals surface area (Å²) in [6.45, 7) is 2.07. The third-order valence-corrected chi connectivity index (χ3v) is 2.70. The Balaban J connectivity index is 3.01. The largest absolute Gasteiger partial charge is 0.465 e. The van der Waals surface area contributed by atoms with Gasteiger partial charge in [0.1, 0.15) is 11.9 Å². The van der Waals surface area contributed by atoms with E-state index in [0.29, 0.717) is 4.47 Å². The van der Waals surface area contributed by atoms with Crippen LogP contribution in [-0.4, -0.2) is 19.1 Å². The summed E-state index contributed by atoms with van der Waals surface area (Å²) in [6, 6.07) is 3.57. The summed E-state index contributed by atoms with van der Waals surface area (Å²) in [6.07, 6.45) is 5.13. The number of nitrogens with one attached hydrogen (secondary N) is 1. The number of rotatable bonds is 5. The van der Waals surface area contributed by atoms with Gasteiger partial charge in [0.05, 0.1) is 13.2 Å². The molecule has 1 N–H and O–H groups in total. The van der Waals surface area contributed by atoms with Gasteiger partial charge in [-0.2, -0.15) is 0 Å². The molecule has 0 aliphatic rings. The zero-order chi connectivity index (χ0) is 13.5. The molecule has 1 aromatic carbocycles. The maximum absolute atomic E-state index is 13.8. The van der Waals surface area contributed by atoms with Crippen molar-refractivity contribution in [1.82, 2.24) is 5.32 Å². The van der Waals surface area contributed by atoms with Crippen molar-refractivity contribution in [1.29, 1.82) is 0 Å². The molecular weight excluding hydrogens is 301 g/mol. The maximum atomic E-state index is 13.8. The fourth-order valence-corrected chi connectivity index (χ4v) is 1.78. The van der Waals surface area contributed by atoms with Crippen molar-refractivity contribution in [2.24, 2.45) is 0 Å². The van der Waals surface area contributed by atoms with Crippen LogP contribution in [-0.2, 0) is 9.53 Å². The quantitative estimate of drug-likeness (QED) is 0.670. The van der Waals surface area contributed by atoms with Crippen LogP contribution in [0.1, 0.15) is 18.5 Å². The number of hydrogen-bond donors (Lipinski definition) is 1. The van der Waals surface area contributed by atoms with Gasteiger partial charge in [-0.1, -0.05) is 27.9 Å². The van der Waals surface area contributed by atoms with E-state index in [2.05, 4.69) is 27.2 Å². The summed E-state index contributed by atoms with van der Waals surface area (Å²) in [5.41, 5.74) is 0.215. The molecule has 5 heteroatoms. The summed E-state index contributed by atoms with van der Waals surface area (Å²) in [4.78, 5) is 11.8. The highest BCUT2D eigenvalue weighted by molar-refractivity contribution is 9.10. The summed E-state index contributed by atoms with van der Waals surface area (Å²) < 4.78 is 19.3. The molecule has 0 aliphatic carbocycles. The van der Waals surface area contributed by atoms with Crippen molar-refractivity contribution in [3.8, 4) is 12.3 Å². The Kier molecular flexibility index (Phi) is 5.83. The highest BCUT2D eigenvalue weighted by atomic mass is 79.9. The van der Waals surface area contributed by atoms with Crippen molar-refractivity contribution in [2.75, 3.05) is 13.2 Å². The lowest BCUT2D eigenvalue weighted by molar-refractivity contribution is -0.145. The molecule has 0 radical (unpaired) electrons. The van der Waals surface area contributed by atoms with Crippen LogP contribution in [0.4, 0.5) is 4.39 Å². The molecule has 96 valence electrons. The number of halogens is 2. The molecule has 0 heterocycles. The van der Waals surface area contributed by atoms with E-state index in [4.69, 9.17) is 11.2 Å². The number of benzene rings is 1.